The summed E-state index contributed by atoms with van der Waals surface area (Å²) in [7, 11) is 0. The molecule has 3 aliphatic heterocycles. The second-order valence-corrected chi connectivity index (χ2v) is 28.4. The second-order valence-electron chi connectivity index (χ2n) is 27.2. The van der Waals surface area contributed by atoms with Crippen LogP contribution in [0.15, 0.2) is 35.9 Å². The number of amides is 2. The summed E-state index contributed by atoms with van der Waals surface area (Å²) in [6.45, 7) is 17.2. The van der Waals surface area contributed by atoms with Gasteiger partial charge in [0.2, 0.25) is 12.2 Å². The number of carbonyl (C=O) groups excluding carboxylic acids is 3. The normalized spacial score (nSPS) is 44.9. The Bertz CT molecular complexity index is 2410. The Hall–Kier alpha value is -2.42. The van der Waals surface area contributed by atoms with Gasteiger partial charge in [-0.15, -0.1) is 0 Å². The van der Waals surface area contributed by atoms with Crippen LogP contribution in [0.2, 0.25) is 0 Å². The lowest BCUT2D eigenvalue weighted by Gasteiger charge is -2.71. The van der Waals surface area contributed by atoms with Gasteiger partial charge in [0.05, 0.1) is 36.9 Å². The molecule has 9 rings (SSSR count). The van der Waals surface area contributed by atoms with Gasteiger partial charge in [-0.3, -0.25) is 14.4 Å². The predicted octanol–water partition coefficient (Wildman–Crippen LogP) is 4.53. The summed E-state index contributed by atoms with van der Waals surface area (Å²) >= 11 is 2.17. The average Bonchev–Trinajstić information content (AvgIpc) is 3.40. The number of ether oxygens (including phenoxy) is 6. The number of aliphatic hydroxyl groups is 8. The summed E-state index contributed by atoms with van der Waals surface area (Å²) in [4.78, 5) is 41.9. The molecule has 0 radical (unpaired) electrons. The molecule has 2 amide bonds. The number of aliphatic hydroxyl groups excluding tert-OH is 8. The molecule has 3 saturated heterocycles. The van der Waals surface area contributed by atoms with E-state index in [-0.39, 0.29) is 58.0 Å². The Balaban J connectivity index is 0.946. The molecule has 5 aliphatic carbocycles. The van der Waals surface area contributed by atoms with Crippen molar-refractivity contribution in [3.05, 3.63) is 45.0 Å². The molecule has 0 aromatic heterocycles. The van der Waals surface area contributed by atoms with Crippen LogP contribution >= 0.6 is 22.6 Å². The van der Waals surface area contributed by atoms with Crippen LogP contribution in [0.3, 0.4) is 0 Å². The molecule has 4 saturated carbocycles. The molecule has 8 aliphatic rings. The van der Waals surface area contributed by atoms with Gasteiger partial charge >= 0.3 is 5.97 Å². The highest BCUT2D eigenvalue weighted by Crippen LogP contribution is 2.76. The third-order valence-electron chi connectivity index (χ3n) is 21.7. The van der Waals surface area contributed by atoms with Gasteiger partial charge in [0.1, 0.15) is 48.8 Å². The summed E-state index contributed by atoms with van der Waals surface area (Å²) in [5, 5.41) is 94.5. The van der Waals surface area contributed by atoms with Crippen LogP contribution in [0.5, 0.6) is 0 Å². The van der Waals surface area contributed by atoms with Gasteiger partial charge in [-0.25, -0.2) is 0 Å². The van der Waals surface area contributed by atoms with E-state index in [1.165, 1.54) is 12.5 Å². The van der Waals surface area contributed by atoms with Crippen molar-refractivity contribution < 1.29 is 83.7 Å². The van der Waals surface area contributed by atoms with Gasteiger partial charge in [-0.1, -0.05) is 66.5 Å². The van der Waals surface area contributed by atoms with E-state index in [0.29, 0.717) is 56.0 Å². The number of allylic oxidation sites excluding steroid dienone is 2. The zero-order valence-electron chi connectivity index (χ0n) is 47.9. The minimum atomic E-state index is -1.90. The topological polar surface area (TPSA) is 292 Å². The van der Waals surface area contributed by atoms with E-state index in [9.17, 15) is 50.4 Å². The smallest absolute Gasteiger partial charge is 0.315 e. The second kappa shape index (κ2) is 23.8. The first-order valence-corrected chi connectivity index (χ1v) is 30.6. The molecule has 80 heavy (non-hydrogen) atoms. The molecule has 0 unspecified atom stereocenters. The van der Waals surface area contributed by atoms with Gasteiger partial charge in [0.25, 0.3) is 5.91 Å². The highest BCUT2D eigenvalue weighted by Gasteiger charge is 2.70. The predicted molar refractivity (Wildman–Crippen MR) is 299 cm³/mol. The molecule has 1 aromatic rings. The van der Waals surface area contributed by atoms with Crippen molar-refractivity contribution in [1.29, 1.82) is 0 Å². The van der Waals surface area contributed by atoms with Gasteiger partial charge in [-0.2, -0.15) is 0 Å². The van der Waals surface area contributed by atoms with Crippen molar-refractivity contribution in [1.82, 2.24) is 10.6 Å². The molecule has 22 atom stereocenters. The van der Waals surface area contributed by atoms with Crippen LogP contribution in [0.4, 0.5) is 0 Å². The lowest BCUT2D eigenvalue weighted by atomic mass is 9.33. The molecule has 1 aromatic carbocycles. The maximum Gasteiger partial charge on any atom is 0.315 e. The van der Waals surface area contributed by atoms with Crippen LogP contribution in [-0.2, 0) is 38.0 Å². The Kier molecular flexibility index (Phi) is 18.5. The number of unbranched alkanes of at least 4 members (excludes halogenated alkanes) is 2. The minimum absolute atomic E-state index is 0.0228. The van der Waals surface area contributed by atoms with Crippen LogP contribution in [0.1, 0.15) is 156 Å². The van der Waals surface area contributed by atoms with Gasteiger partial charge < -0.3 is 79.9 Å². The minimum Gasteiger partial charge on any atom is -0.432 e. The zero-order chi connectivity index (χ0) is 58.1. The first-order chi connectivity index (χ1) is 37.6. The molecule has 19 nitrogen and oxygen atoms in total. The summed E-state index contributed by atoms with van der Waals surface area (Å²) < 4.78 is 37.8. The van der Waals surface area contributed by atoms with Gasteiger partial charge in [0, 0.05) is 22.1 Å². The molecule has 3 heterocycles. The van der Waals surface area contributed by atoms with E-state index in [1.807, 2.05) is 12.1 Å². The number of nitrogens with one attached hydrogen (secondary N) is 2. The molecule has 0 bridgehead atoms. The third kappa shape index (κ3) is 11.3. The number of rotatable bonds is 15. The number of hydrogen-bond donors (Lipinski definition) is 10. The van der Waals surface area contributed by atoms with Crippen LogP contribution < -0.4 is 10.6 Å². The highest BCUT2D eigenvalue weighted by atomic mass is 127. The number of fused-ring (bicyclic) bond motifs is 7. The largest absolute Gasteiger partial charge is 0.432 e. The lowest BCUT2D eigenvalue weighted by molar-refractivity contribution is -0.369. The Morgan fingerprint density at radius 2 is 1.43 bits per heavy atom. The lowest BCUT2D eigenvalue weighted by Crippen LogP contribution is -2.68. The van der Waals surface area contributed by atoms with Crippen LogP contribution in [0.25, 0.3) is 0 Å². The zero-order valence-corrected chi connectivity index (χ0v) is 50.1. The number of benzene rings is 1. The monoisotopic (exact) mass is 1240 g/mol. The van der Waals surface area contributed by atoms with E-state index in [2.05, 4.69) is 87.8 Å². The quantitative estimate of drug-likeness (QED) is 0.0500. The molecule has 20 heteroatoms. The number of hydrogen-bond acceptors (Lipinski definition) is 17. The third-order valence-corrected chi connectivity index (χ3v) is 22.4. The van der Waals surface area contributed by atoms with Crippen LogP contribution in [0, 0.1) is 53.8 Å². The fourth-order valence-electron chi connectivity index (χ4n) is 16.6. The average molecular weight is 1240 g/mol. The summed E-state index contributed by atoms with van der Waals surface area (Å²) in [6.07, 6.45) is -8.86. The van der Waals surface area contributed by atoms with Crippen LogP contribution in [-0.4, -0.2) is 170 Å². The van der Waals surface area contributed by atoms with E-state index in [0.717, 1.165) is 54.9 Å². The van der Waals surface area contributed by atoms with Gasteiger partial charge in [-0.05, 0) is 176 Å². The first-order valence-electron chi connectivity index (χ1n) is 29.5. The van der Waals surface area contributed by atoms with E-state index < -0.39 is 110 Å². The standard InChI is InChI=1S/C60H91IN2O17/c1-31-48(78-51-46(71)43(68)36(65)30-75-51)45(70)47(72)52(76-31)79-49-44(69)42(63-41(67)12-10-9-11-27-62-50(73)32-13-15-33(61)16-14-32)37(29-64)77-53(49)80-54(74)60-25-23-55(2,3)28-35(60)34-17-18-39-57(6)21-20-40(66)56(4,5)38(57)19-22-59(39,8)58(34,7)24-26-60/h13-17,31,35-40,42-49,51-53,64-66,68-72H,9-12,18-30H2,1-8H3,(H,62,73)(H,63,67)/t31-,35-,36+,37+,38-,39+,40-,42-,43-,44-,45-,46+,47+,48-,49+,51-,52-,53-,57-,58+,59+,60-/m0/s1. The molecule has 0 spiro atoms. The van der Waals surface area contributed by atoms with E-state index in [4.69, 9.17) is 28.4 Å². The van der Waals surface area contributed by atoms with Crippen molar-refractivity contribution in [3.8, 4) is 0 Å². The first kappa shape index (κ1) is 62.1. The van der Waals surface area contributed by atoms with Crippen molar-refractivity contribution in [2.45, 2.75) is 237 Å². The van der Waals surface area contributed by atoms with Crippen molar-refractivity contribution in [2.24, 2.45) is 50.2 Å². The fraction of sp³-hybridized carbons (Fsp3) is 0.817. The van der Waals surface area contributed by atoms with E-state index in [1.54, 1.807) is 12.1 Å². The molecule has 7 fully saturated rings. The summed E-state index contributed by atoms with van der Waals surface area (Å²) in [6, 6.07) is 5.89. The van der Waals surface area contributed by atoms with Gasteiger partial charge in [0.15, 0.2) is 18.7 Å². The number of carbonyl (C=O) groups is 3. The molecule has 10 N–H and O–H groups in total. The molecule has 450 valence electrons. The molecular weight excluding hydrogens is 1150 g/mol. The fourth-order valence-corrected chi connectivity index (χ4v) is 16.9. The highest BCUT2D eigenvalue weighted by molar-refractivity contribution is 14.1. The summed E-state index contributed by atoms with van der Waals surface area (Å²) in [5.41, 5.74) is 0.218. The maximum atomic E-state index is 15.7. The van der Waals surface area contributed by atoms with Crippen molar-refractivity contribution in [2.75, 3.05) is 19.8 Å². The molecular formula is C60H91IN2O17. The SMILES string of the molecule is C[C@@H]1O[C@@H](O[C@H]2[C@H](OC(=O)[C@]34CCC(C)(C)C[C@H]3C3=CC[C@@H]5[C@@]6(C)CC[C@H](O)C(C)(C)[C@@H]6CC[C@@]5(C)[C@]3(C)CC4)O[C@H](CO)[C@H](NC(=O)CCCCCNC(=O)c3ccc(I)cc3)[C@@H]2O)[C@H](O)[C@H](O)[C@H]1O[C@@H]1OC[C@@H](O)[C@H](O)[C@H]1O. The Morgan fingerprint density at radius 1 is 0.738 bits per heavy atom. The maximum absolute atomic E-state index is 15.7. The Morgan fingerprint density at radius 3 is 2.14 bits per heavy atom. The Labute approximate surface area is 484 Å². The summed E-state index contributed by atoms with van der Waals surface area (Å²) in [5.74, 6) is -0.665. The van der Waals surface area contributed by atoms with Crippen molar-refractivity contribution in [3.63, 3.8) is 0 Å². The number of esters is 1. The van der Waals surface area contributed by atoms with Crippen molar-refractivity contribution >= 4 is 40.4 Å². The number of halogens is 1. The van der Waals surface area contributed by atoms with E-state index >= 15 is 4.79 Å².